The third-order valence-electron chi connectivity index (χ3n) is 3.50. The highest BCUT2D eigenvalue weighted by molar-refractivity contribution is 5.46. The van der Waals surface area contributed by atoms with E-state index in [1.54, 1.807) is 6.92 Å². The fourth-order valence-electron chi connectivity index (χ4n) is 2.42. The lowest BCUT2D eigenvalue weighted by atomic mass is 10.2. The van der Waals surface area contributed by atoms with Crippen molar-refractivity contribution in [3.8, 4) is 0 Å². The molecule has 2 heterocycles. The van der Waals surface area contributed by atoms with Gasteiger partial charge in [-0.05, 0) is 24.3 Å². The zero-order chi connectivity index (χ0) is 13.9. The molecule has 6 heteroatoms. The Kier molecular flexibility index (Phi) is 3.64. The smallest absolute Gasteiger partial charge is 0.223 e. The fourth-order valence-corrected chi connectivity index (χ4v) is 2.42. The summed E-state index contributed by atoms with van der Waals surface area (Å²) >= 11 is 0. The average molecular weight is 276 g/mol. The van der Waals surface area contributed by atoms with Crippen LogP contribution in [0.3, 0.4) is 0 Å². The normalized spacial score (nSPS) is 16.6. The van der Waals surface area contributed by atoms with Crippen molar-refractivity contribution in [3.05, 3.63) is 41.8 Å². The van der Waals surface area contributed by atoms with Crippen LogP contribution in [0.15, 0.2) is 28.8 Å². The Labute approximate surface area is 117 Å². The molecule has 0 spiro atoms. The monoisotopic (exact) mass is 276 g/mol. The molecule has 1 aromatic heterocycles. The second kappa shape index (κ2) is 5.58. The van der Waals surface area contributed by atoms with E-state index in [1.807, 2.05) is 12.1 Å². The summed E-state index contributed by atoms with van der Waals surface area (Å²) in [5.74, 6) is 1.14. The van der Waals surface area contributed by atoms with Crippen molar-refractivity contribution in [1.29, 1.82) is 0 Å². The quantitative estimate of drug-likeness (QED) is 0.856. The van der Waals surface area contributed by atoms with E-state index in [4.69, 9.17) is 4.52 Å². The minimum atomic E-state index is -0.195. The van der Waals surface area contributed by atoms with Crippen LogP contribution in [-0.4, -0.2) is 41.2 Å². The third kappa shape index (κ3) is 2.96. The van der Waals surface area contributed by atoms with Gasteiger partial charge >= 0.3 is 0 Å². The van der Waals surface area contributed by atoms with Crippen molar-refractivity contribution < 1.29 is 8.91 Å². The molecule has 0 unspecified atom stereocenters. The molecule has 0 aliphatic carbocycles. The summed E-state index contributed by atoms with van der Waals surface area (Å²) < 4.78 is 17.9. The van der Waals surface area contributed by atoms with Crippen LogP contribution < -0.4 is 4.90 Å². The first kappa shape index (κ1) is 13.1. The Morgan fingerprint density at radius 1 is 1.15 bits per heavy atom. The van der Waals surface area contributed by atoms with Crippen LogP contribution >= 0.6 is 0 Å². The summed E-state index contributed by atoms with van der Waals surface area (Å²) in [6.45, 7) is 6.22. The van der Waals surface area contributed by atoms with Crippen LogP contribution in [0.5, 0.6) is 0 Å². The standard InChI is InChI=1S/C14H17FN4O/c1-11-16-14(17-20-11)10-18-6-8-19(9-7-18)13-4-2-12(15)3-5-13/h2-5H,6-10H2,1H3. The Balaban J connectivity index is 1.55. The fraction of sp³-hybridized carbons (Fsp3) is 0.429. The van der Waals surface area contributed by atoms with Crippen LogP contribution in [0.25, 0.3) is 0 Å². The third-order valence-corrected chi connectivity index (χ3v) is 3.50. The largest absolute Gasteiger partial charge is 0.369 e. The van der Waals surface area contributed by atoms with Crippen molar-refractivity contribution in [2.24, 2.45) is 0 Å². The van der Waals surface area contributed by atoms with E-state index in [1.165, 1.54) is 12.1 Å². The van der Waals surface area contributed by atoms with Gasteiger partial charge in [0.05, 0.1) is 6.54 Å². The van der Waals surface area contributed by atoms with Gasteiger partial charge in [0.15, 0.2) is 5.82 Å². The van der Waals surface area contributed by atoms with E-state index in [2.05, 4.69) is 19.9 Å². The number of aromatic nitrogens is 2. The van der Waals surface area contributed by atoms with Crippen molar-refractivity contribution in [3.63, 3.8) is 0 Å². The SMILES string of the molecule is Cc1nc(CN2CCN(c3ccc(F)cc3)CC2)no1. The van der Waals surface area contributed by atoms with Gasteiger partial charge in [-0.2, -0.15) is 4.98 Å². The maximum atomic E-state index is 12.9. The number of hydrogen-bond donors (Lipinski definition) is 0. The summed E-state index contributed by atoms with van der Waals surface area (Å²) in [4.78, 5) is 8.77. The molecule has 2 aromatic rings. The molecule has 3 rings (SSSR count). The highest BCUT2D eigenvalue weighted by Crippen LogP contribution is 2.17. The molecule has 1 aliphatic heterocycles. The predicted octanol–water partition coefficient (Wildman–Crippen LogP) is 1.84. The molecule has 5 nitrogen and oxygen atoms in total. The molecule has 1 aromatic carbocycles. The summed E-state index contributed by atoms with van der Waals surface area (Å²) in [6, 6.07) is 6.66. The molecule has 20 heavy (non-hydrogen) atoms. The maximum absolute atomic E-state index is 12.9. The molecule has 0 N–H and O–H groups in total. The first-order valence-electron chi connectivity index (χ1n) is 6.73. The van der Waals surface area contributed by atoms with E-state index in [9.17, 15) is 4.39 Å². The molecule has 0 atom stereocenters. The number of anilines is 1. The molecule has 0 bridgehead atoms. The van der Waals surface area contributed by atoms with Gasteiger partial charge < -0.3 is 9.42 Å². The minimum absolute atomic E-state index is 0.195. The van der Waals surface area contributed by atoms with Crippen molar-refractivity contribution in [2.45, 2.75) is 13.5 Å². The number of aryl methyl sites for hydroxylation is 1. The van der Waals surface area contributed by atoms with Gasteiger partial charge in [0.25, 0.3) is 0 Å². The number of benzene rings is 1. The summed E-state index contributed by atoms with van der Waals surface area (Å²) in [5.41, 5.74) is 1.07. The van der Waals surface area contributed by atoms with E-state index < -0.39 is 0 Å². The van der Waals surface area contributed by atoms with Gasteiger partial charge in [0, 0.05) is 38.8 Å². The molecule has 0 radical (unpaired) electrons. The van der Waals surface area contributed by atoms with Crippen LogP contribution in [0, 0.1) is 12.7 Å². The second-order valence-corrected chi connectivity index (χ2v) is 4.97. The zero-order valence-electron chi connectivity index (χ0n) is 11.4. The van der Waals surface area contributed by atoms with Gasteiger partial charge in [-0.25, -0.2) is 4.39 Å². The first-order valence-corrected chi connectivity index (χ1v) is 6.73. The molecule has 1 saturated heterocycles. The van der Waals surface area contributed by atoms with Gasteiger partial charge in [0.2, 0.25) is 5.89 Å². The molecular weight excluding hydrogens is 259 g/mol. The molecular formula is C14H17FN4O. The van der Waals surface area contributed by atoms with E-state index >= 15 is 0 Å². The van der Waals surface area contributed by atoms with E-state index in [-0.39, 0.29) is 5.82 Å². The lowest BCUT2D eigenvalue weighted by molar-refractivity contribution is 0.240. The van der Waals surface area contributed by atoms with Crippen molar-refractivity contribution >= 4 is 5.69 Å². The predicted molar refractivity (Wildman–Crippen MR) is 72.9 cm³/mol. The van der Waals surface area contributed by atoms with Crippen molar-refractivity contribution in [2.75, 3.05) is 31.1 Å². The van der Waals surface area contributed by atoms with Gasteiger partial charge in [-0.3, -0.25) is 4.90 Å². The van der Waals surface area contributed by atoms with E-state index in [0.29, 0.717) is 12.4 Å². The van der Waals surface area contributed by atoms with E-state index in [0.717, 1.165) is 37.7 Å². The topological polar surface area (TPSA) is 45.4 Å². The lowest BCUT2D eigenvalue weighted by Crippen LogP contribution is -2.46. The zero-order valence-corrected chi connectivity index (χ0v) is 11.4. The van der Waals surface area contributed by atoms with Gasteiger partial charge in [0.1, 0.15) is 5.82 Å². The molecule has 0 saturated carbocycles. The van der Waals surface area contributed by atoms with Gasteiger partial charge in [-0.1, -0.05) is 5.16 Å². The molecule has 1 aliphatic rings. The van der Waals surface area contributed by atoms with Gasteiger partial charge in [-0.15, -0.1) is 0 Å². The first-order chi connectivity index (χ1) is 9.70. The average Bonchev–Trinajstić information content (AvgIpc) is 2.86. The number of nitrogens with zero attached hydrogens (tertiary/aromatic N) is 4. The Morgan fingerprint density at radius 3 is 2.45 bits per heavy atom. The maximum Gasteiger partial charge on any atom is 0.223 e. The van der Waals surface area contributed by atoms with Crippen LogP contribution in [-0.2, 0) is 6.54 Å². The Hall–Kier alpha value is -1.95. The second-order valence-electron chi connectivity index (χ2n) is 4.97. The van der Waals surface area contributed by atoms with Crippen LogP contribution in [0.4, 0.5) is 10.1 Å². The number of piperazine rings is 1. The Bertz CT molecular complexity index is 561. The lowest BCUT2D eigenvalue weighted by Gasteiger charge is -2.35. The molecule has 0 amide bonds. The van der Waals surface area contributed by atoms with Crippen LogP contribution in [0.2, 0.25) is 0 Å². The number of rotatable bonds is 3. The Morgan fingerprint density at radius 2 is 1.85 bits per heavy atom. The summed E-state index contributed by atoms with van der Waals surface area (Å²) in [7, 11) is 0. The molecule has 106 valence electrons. The number of halogens is 1. The minimum Gasteiger partial charge on any atom is -0.369 e. The summed E-state index contributed by atoms with van der Waals surface area (Å²) in [5, 5.41) is 3.91. The highest BCUT2D eigenvalue weighted by Gasteiger charge is 2.18. The van der Waals surface area contributed by atoms with Crippen LogP contribution in [0.1, 0.15) is 11.7 Å². The molecule has 1 fully saturated rings. The van der Waals surface area contributed by atoms with Crippen molar-refractivity contribution in [1.82, 2.24) is 15.0 Å². The number of hydrogen-bond acceptors (Lipinski definition) is 5. The highest BCUT2D eigenvalue weighted by atomic mass is 19.1. The summed E-state index contributed by atoms with van der Waals surface area (Å²) in [6.07, 6.45) is 0.